The predicted molar refractivity (Wildman–Crippen MR) is 57.7 cm³/mol. The van der Waals surface area contributed by atoms with E-state index < -0.39 is 18.0 Å². The first-order chi connectivity index (χ1) is 7.95. The summed E-state index contributed by atoms with van der Waals surface area (Å²) in [4.78, 5) is 0. The zero-order chi connectivity index (χ0) is 12.9. The first-order valence-electron chi connectivity index (χ1n) is 6.00. The Morgan fingerprint density at radius 3 is 2.06 bits per heavy atom. The van der Waals surface area contributed by atoms with Gasteiger partial charge in [-0.05, 0) is 26.7 Å². The maximum atomic E-state index is 12.6. The van der Waals surface area contributed by atoms with Gasteiger partial charge in [-0.15, -0.1) is 0 Å². The first-order valence-corrected chi connectivity index (χ1v) is 6.00. The summed E-state index contributed by atoms with van der Waals surface area (Å²) in [5.74, 6) is 0. The molecule has 1 aliphatic rings. The molecule has 0 amide bonds. The highest BCUT2D eigenvalue weighted by molar-refractivity contribution is 5.07. The largest absolute Gasteiger partial charge is 0.406 e. The van der Waals surface area contributed by atoms with Gasteiger partial charge in [0.15, 0.2) is 6.29 Å². The highest BCUT2D eigenvalue weighted by Gasteiger charge is 2.62. The van der Waals surface area contributed by atoms with Crippen LogP contribution in [-0.2, 0) is 9.47 Å². The molecule has 1 aliphatic carbocycles. The van der Waals surface area contributed by atoms with E-state index in [1.807, 2.05) is 13.8 Å². The highest BCUT2D eigenvalue weighted by atomic mass is 19.4. The van der Waals surface area contributed by atoms with Crippen LogP contribution in [0.15, 0.2) is 0 Å². The van der Waals surface area contributed by atoms with E-state index in [0.29, 0.717) is 19.6 Å². The van der Waals surface area contributed by atoms with Crippen LogP contribution in [-0.4, -0.2) is 37.8 Å². The molecule has 0 saturated heterocycles. The second-order valence-electron chi connectivity index (χ2n) is 4.14. The van der Waals surface area contributed by atoms with Crippen molar-refractivity contribution in [3.8, 4) is 0 Å². The van der Waals surface area contributed by atoms with Gasteiger partial charge in [-0.25, -0.2) is 0 Å². The zero-order valence-corrected chi connectivity index (χ0v) is 10.3. The molecular formula is C11H20F3NO2. The molecule has 0 aliphatic heterocycles. The lowest BCUT2D eigenvalue weighted by Crippen LogP contribution is -2.46. The molecule has 0 radical (unpaired) electrons. The van der Waals surface area contributed by atoms with Gasteiger partial charge in [0.2, 0.25) is 0 Å². The van der Waals surface area contributed by atoms with E-state index in [4.69, 9.17) is 9.47 Å². The molecule has 1 saturated carbocycles. The van der Waals surface area contributed by atoms with E-state index in [-0.39, 0.29) is 19.4 Å². The minimum absolute atomic E-state index is 0.171. The van der Waals surface area contributed by atoms with Crippen LogP contribution in [0.5, 0.6) is 0 Å². The first kappa shape index (κ1) is 14.7. The van der Waals surface area contributed by atoms with E-state index in [9.17, 15) is 13.2 Å². The lowest BCUT2D eigenvalue weighted by molar-refractivity contribution is -0.169. The van der Waals surface area contributed by atoms with Crippen molar-refractivity contribution in [2.24, 2.45) is 0 Å². The molecule has 3 nitrogen and oxygen atoms in total. The number of hydrogen-bond acceptors (Lipinski definition) is 3. The summed E-state index contributed by atoms with van der Waals surface area (Å²) in [7, 11) is 0. The Hall–Kier alpha value is -0.330. The van der Waals surface area contributed by atoms with Gasteiger partial charge in [-0.3, -0.25) is 0 Å². The minimum Gasteiger partial charge on any atom is -0.353 e. The third-order valence-electron chi connectivity index (χ3n) is 2.84. The standard InChI is InChI=1S/C11H20F3NO2/c1-3-16-9(17-4-2)5-8-15-10(6-7-10)11(12,13)14/h9,15H,3-8H2,1-2H3. The molecule has 0 atom stereocenters. The number of alkyl halides is 3. The van der Waals surface area contributed by atoms with Crippen molar-refractivity contribution in [3.05, 3.63) is 0 Å². The van der Waals surface area contributed by atoms with Gasteiger partial charge in [0, 0.05) is 26.2 Å². The molecule has 0 bridgehead atoms. The highest BCUT2D eigenvalue weighted by Crippen LogP contribution is 2.48. The molecule has 1 N–H and O–H groups in total. The Balaban J connectivity index is 2.26. The fourth-order valence-corrected chi connectivity index (χ4v) is 1.70. The van der Waals surface area contributed by atoms with Crippen LogP contribution in [0.25, 0.3) is 0 Å². The van der Waals surface area contributed by atoms with Gasteiger partial charge in [0.25, 0.3) is 0 Å². The molecule has 1 rings (SSSR count). The lowest BCUT2D eigenvalue weighted by atomic mass is 10.2. The summed E-state index contributed by atoms with van der Waals surface area (Å²) in [6, 6.07) is 0. The van der Waals surface area contributed by atoms with Crippen molar-refractivity contribution in [2.75, 3.05) is 19.8 Å². The van der Waals surface area contributed by atoms with Crippen molar-refractivity contribution in [1.82, 2.24) is 5.32 Å². The molecule has 17 heavy (non-hydrogen) atoms. The van der Waals surface area contributed by atoms with E-state index >= 15 is 0 Å². The molecule has 6 heteroatoms. The van der Waals surface area contributed by atoms with E-state index in [2.05, 4.69) is 5.32 Å². The second kappa shape index (κ2) is 6.02. The Kier molecular flexibility index (Phi) is 5.22. The van der Waals surface area contributed by atoms with Crippen LogP contribution < -0.4 is 5.32 Å². The molecule has 0 spiro atoms. The lowest BCUT2D eigenvalue weighted by Gasteiger charge is -2.22. The maximum Gasteiger partial charge on any atom is 0.406 e. The third-order valence-corrected chi connectivity index (χ3v) is 2.84. The van der Waals surface area contributed by atoms with E-state index in [1.165, 1.54) is 0 Å². The van der Waals surface area contributed by atoms with Crippen molar-refractivity contribution < 1.29 is 22.6 Å². The second-order valence-corrected chi connectivity index (χ2v) is 4.14. The summed E-state index contributed by atoms with van der Waals surface area (Å²) >= 11 is 0. The van der Waals surface area contributed by atoms with Crippen molar-refractivity contribution in [2.45, 2.75) is 51.1 Å². The summed E-state index contributed by atoms with van der Waals surface area (Å²) in [5, 5.41) is 2.57. The van der Waals surface area contributed by atoms with Gasteiger partial charge in [-0.1, -0.05) is 0 Å². The normalized spacial score (nSPS) is 18.7. The van der Waals surface area contributed by atoms with Gasteiger partial charge in [-0.2, -0.15) is 13.2 Å². The molecule has 0 heterocycles. The zero-order valence-electron chi connectivity index (χ0n) is 10.3. The molecule has 0 unspecified atom stereocenters. The molecule has 0 aromatic rings. The summed E-state index contributed by atoms with van der Waals surface area (Å²) in [6.45, 7) is 4.91. The number of rotatable bonds is 8. The van der Waals surface area contributed by atoms with Crippen molar-refractivity contribution in [1.29, 1.82) is 0 Å². The number of ether oxygens (including phenoxy) is 2. The van der Waals surface area contributed by atoms with Gasteiger partial charge >= 0.3 is 6.18 Å². The minimum atomic E-state index is -4.15. The Morgan fingerprint density at radius 1 is 1.18 bits per heavy atom. The maximum absolute atomic E-state index is 12.6. The van der Waals surface area contributed by atoms with Crippen LogP contribution in [0.1, 0.15) is 33.1 Å². The molecule has 1 fully saturated rings. The average Bonchev–Trinajstić information content (AvgIpc) is 2.98. The van der Waals surface area contributed by atoms with Gasteiger partial charge in [0.05, 0.1) is 0 Å². The predicted octanol–water partition coefficient (Wildman–Crippen LogP) is 2.46. The van der Waals surface area contributed by atoms with Crippen LogP contribution in [0.4, 0.5) is 13.2 Å². The van der Waals surface area contributed by atoms with Crippen molar-refractivity contribution in [3.63, 3.8) is 0 Å². The third kappa shape index (κ3) is 4.12. The Labute approximate surface area is 99.7 Å². The average molecular weight is 255 g/mol. The molecule has 0 aromatic carbocycles. The fourth-order valence-electron chi connectivity index (χ4n) is 1.70. The summed E-state index contributed by atoms with van der Waals surface area (Å²) in [6.07, 6.45) is -3.80. The molecule has 0 aromatic heterocycles. The molecular weight excluding hydrogens is 235 g/mol. The Morgan fingerprint density at radius 2 is 1.71 bits per heavy atom. The van der Waals surface area contributed by atoms with E-state index in [0.717, 1.165) is 0 Å². The molecule has 102 valence electrons. The van der Waals surface area contributed by atoms with Gasteiger partial charge < -0.3 is 14.8 Å². The quantitative estimate of drug-likeness (QED) is 0.676. The van der Waals surface area contributed by atoms with Gasteiger partial charge in [0.1, 0.15) is 5.54 Å². The number of nitrogens with one attached hydrogen (secondary N) is 1. The van der Waals surface area contributed by atoms with Crippen LogP contribution in [0, 0.1) is 0 Å². The number of hydrogen-bond donors (Lipinski definition) is 1. The fraction of sp³-hybridized carbons (Fsp3) is 1.00. The van der Waals surface area contributed by atoms with Crippen LogP contribution >= 0.6 is 0 Å². The van der Waals surface area contributed by atoms with Crippen LogP contribution in [0.3, 0.4) is 0 Å². The SMILES string of the molecule is CCOC(CCNC1(C(F)(F)F)CC1)OCC. The van der Waals surface area contributed by atoms with E-state index in [1.54, 1.807) is 0 Å². The monoisotopic (exact) mass is 255 g/mol. The topological polar surface area (TPSA) is 30.5 Å². The smallest absolute Gasteiger partial charge is 0.353 e. The Bertz CT molecular complexity index is 223. The van der Waals surface area contributed by atoms with Crippen LogP contribution in [0.2, 0.25) is 0 Å². The van der Waals surface area contributed by atoms with Crippen molar-refractivity contribution >= 4 is 0 Å². The summed E-state index contributed by atoms with van der Waals surface area (Å²) in [5.41, 5.74) is -1.64. The summed E-state index contributed by atoms with van der Waals surface area (Å²) < 4.78 is 48.3. The number of halogens is 3.